The van der Waals surface area contributed by atoms with Gasteiger partial charge in [-0.1, -0.05) is 80.6 Å². The number of nitrogens with zero attached hydrogens (tertiary/aromatic N) is 3. The number of ketones is 2. The zero-order valence-corrected chi connectivity index (χ0v) is 64.4. The second-order valence-corrected chi connectivity index (χ2v) is 34.0. The molecule has 28 nitrogen and oxygen atoms in total. The smallest absolute Gasteiger partial charge is 0.326 e. The topological polar surface area (TPSA) is 424 Å². The Balaban J connectivity index is 1.11. The number of carboxylic acid groups (broad SMARTS) is 3. The number of urea groups is 1. The minimum absolute atomic E-state index is 0.00412. The number of hydrogen-bond acceptors (Lipinski definition) is 16. The summed E-state index contributed by atoms with van der Waals surface area (Å²) >= 11 is 0. The molecule has 0 saturated carbocycles. The Bertz CT molecular complexity index is 4500. The van der Waals surface area contributed by atoms with Gasteiger partial charge in [0.05, 0.1) is 49.5 Å². The number of likely N-dealkylation sites (N-methyl/N-ethyl adjacent to an activating group) is 1. The molecule has 1 aliphatic carbocycles. The Morgan fingerprint density at radius 2 is 1.28 bits per heavy atom. The van der Waals surface area contributed by atoms with Crippen LogP contribution in [0.1, 0.15) is 146 Å². The molecule has 1 unspecified atom stereocenters. The standard InChI is InChI=1S/C77H99N7O21S3/c1-76(2)60-25-11-12-26-64(60)82(42-13-15-44-106(96,97)98)67(76)39-31-53-22-17-23-54(32-40-68-77(3,4)61-49-59(108(102,103)104)36-38-65(61)83(68)43-14-16-45-107(99,100)101)70(53)105-58-34-29-52(30-35-58)47-63(74(93)94)80-71(89)55(46-51-20-9-8-10-21-51)48-57(86)50-79-72(90)66(84(5,6)7)27-18-24-56(85)33-37-62(73(91)92)81-75(95)78-41-19-28-69(87)88/h8-12,20-21,25-26,29-32,34-36,38-40,49,55,62-63,66H,13-19,22-24,27-28,33,37,41-48,50H2,1-7H3,(H8-2,78,79,80,81,87,88,89,90,91,92,93,94,95,96,97,98,99,100,101,102,103,104)/p+2/t55-,62+,63+,66?/m1/s1. The molecule has 4 amide bonds. The Labute approximate surface area is 631 Å². The van der Waals surface area contributed by atoms with E-state index < -0.39 is 125 Å². The third kappa shape index (κ3) is 25.2. The van der Waals surface area contributed by atoms with Gasteiger partial charge in [0.25, 0.3) is 36.3 Å². The summed E-state index contributed by atoms with van der Waals surface area (Å²) in [6.07, 6.45) is 10.0. The van der Waals surface area contributed by atoms with Crippen molar-refractivity contribution in [1.82, 2.24) is 21.3 Å². The third-order valence-corrected chi connectivity index (χ3v) is 22.0. The van der Waals surface area contributed by atoms with Gasteiger partial charge in [0.15, 0.2) is 17.5 Å². The molecule has 7 rings (SSSR count). The summed E-state index contributed by atoms with van der Waals surface area (Å²) in [5.74, 6) is -6.96. The highest BCUT2D eigenvalue weighted by Crippen LogP contribution is 2.49. The van der Waals surface area contributed by atoms with E-state index in [4.69, 9.17) is 9.84 Å². The van der Waals surface area contributed by atoms with Crippen molar-refractivity contribution in [1.29, 1.82) is 0 Å². The number of amides is 4. The van der Waals surface area contributed by atoms with Gasteiger partial charge in [-0.2, -0.15) is 29.8 Å². The summed E-state index contributed by atoms with van der Waals surface area (Å²) in [5.41, 5.74) is 6.12. The SMILES string of the molecule is CC1(C)C(/C=C/C2=C(Oc3ccc(C[C@H](NC(=O)[C@@H](CC(=O)CNC(=O)C(CCCC(=O)CC[C@H](NC(=O)NCCCC(=O)O)C(=O)O)[N+](C)(C)C)Cc4ccccc4)C(=O)O)cc3)C(=C/C=C3/N(CCCCS(=O)(=O)O)c4ccc(S(=O)(=O)O)cc4C3(C)C)/CCC2)=[N+](CCCCS(=O)(=O)O)c2ccccc21. The summed E-state index contributed by atoms with van der Waals surface area (Å²) in [7, 11) is -7.80. The third-order valence-electron chi connectivity index (χ3n) is 19.6. The van der Waals surface area contributed by atoms with Gasteiger partial charge in [0, 0.05) is 98.5 Å². The van der Waals surface area contributed by atoms with Gasteiger partial charge in [0.2, 0.25) is 11.6 Å². The molecule has 31 heteroatoms. The van der Waals surface area contributed by atoms with Crippen LogP contribution in [-0.2, 0) is 87.6 Å². The quantitative estimate of drug-likeness (QED) is 0.00858. The van der Waals surface area contributed by atoms with E-state index in [0.29, 0.717) is 78.2 Å². The van der Waals surface area contributed by atoms with Crippen LogP contribution in [0.15, 0.2) is 149 Å². The highest BCUT2D eigenvalue weighted by Gasteiger charge is 2.45. The van der Waals surface area contributed by atoms with Crippen molar-refractivity contribution in [2.75, 3.05) is 63.7 Å². The fraction of sp³-hybridized carbons (Fsp3) is 0.468. The zero-order chi connectivity index (χ0) is 79.5. The van der Waals surface area contributed by atoms with Gasteiger partial charge >= 0.3 is 23.9 Å². The molecule has 4 atom stereocenters. The number of rotatable bonds is 42. The maximum absolute atomic E-state index is 14.4. The van der Waals surface area contributed by atoms with E-state index >= 15 is 0 Å². The van der Waals surface area contributed by atoms with Gasteiger partial charge in [-0.25, -0.2) is 14.4 Å². The van der Waals surface area contributed by atoms with Crippen LogP contribution in [0, 0.1) is 5.92 Å². The van der Waals surface area contributed by atoms with Gasteiger partial charge in [-0.05, 0) is 148 Å². The molecule has 0 radical (unpaired) electrons. The van der Waals surface area contributed by atoms with E-state index in [9.17, 15) is 87.5 Å². The van der Waals surface area contributed by atoms with Crippen LogP contribution in [0.25, 0.3) is 0 Å². The Morgan fingerprint density at radius 3 is 1.92 bits per heavy atom. The van der Waals surface area contributed by atoms with Crippen molar-refractivity contribution in [3.05, 3.63) is 166 Å². The first-order valence-electron chi connectivity index (χ1n) is 35.9. The van der Waals surface area contributed by atoms with Crippen LogP contribution >= 0.6 is 0 Å². The van der Waals surface area contributed by atoms with Crippen LogP contribution < -0.4 is 30.9 Å². The number of fused-ring (bicyclic) bond motifs is 2. The Morgan fingerprint density at radius 1 is 0.630 bits per heavy atom. The van der Waals surface area contributed by atoms with Crippen LogP contribution in [0.3, 0.4) is 0 Å². The molecular formula is C77H101N7O21S3+2. The number of benzene rings is 4. The molecule has 0 spiro atoms. The summed E-state index contributed by atoms with van der Waals surface area (Å²) in [4.78, 5) is 105. The van der Waals surface area contributed by atoms with Crippen LogP contribution in [0.5, 0.6) is 5.75 Å². The lowest BCUT2D eigenvalue weighted by Gasteiger charge is -2.33. The Hall–Kier alpha value is -9.24. The second kappa shape index (κ2) is 37.7. The summed E-state index contributed by atoms with van der Waals surface area (Å²) in [6.45, 7) is 8.22. The molecule has 4 aromatic carbocycles. The molecular weight excluding hydrogens is 1460 g/mol. The normalized spacial score (nSPS) is 16.9. The fourth-order valence-corrected chi connectivity index (χ4v) is 15.4. The average Bonchev–Trinajstić information content (AvgIpc) is 1.60. The predicted molar refractivity (Wildman–Crippen MR) is 405 cm³/mol. The summed E-state index contributed by atoms with van der Waals surface area (Å²) in [5, 5.41) is 39.2. The molecule has 3 aliphatic rings. The van der Waals surface area contributed by atoms with E-state index in [1.807, 2.05) is 67.3 Å². The molecule has 4 aromatic rings. The van der Waals surface area contributed by atoms with Crippen molar-refractivity contribution in [2.45, 2.75) is 171 Å². The minimum Gasteiger partial charge on any atom is -0.481 e. The Kier molecular flexibility index (Phi) is 30.0. The molecule has 0 saturated heterocycles. The highest BCUT2D eigenvalue weighted by molar-refractivity contribution is 7.86. The van der Waals surface area contributed by atoms with E-state index in [2.05, 4.69) is 39.7 Å². The van der Waals surface area contributed by atoms with Crippen molar-refractivity contribution in [3.8, 4) is 5.75 Å². The number of carbonyl (C=O) groups is 8. The zero-order valence-electron chi connectivity index (χ0n) is 62.0. The fourth-order valence-electron chi connectivity index (χ4n) is 13.8. The lowest BCUT2D eigenvalue weighted by molar-refractivity contribution is -0.886. The number of carboxylic acids is 3. The molecule has 10 N–H and O–H groups in total. The number of unbranched alkanes of at least 4 members (excludes halogenated alkanes) is 2. The number of carbonyl (C=O) groups excluding carboxylic acids is 5. The number of ether oxygens (including phenoxy) is 1. The average molecular weight is 1560 g/mol. The first kappa shape index (κ1) is 86.0. The minimum atomic E-state index is -4.62. The van der Waals surface area contributed by atoms with Gasteiger partial charge in [-0.3, -0.25) is 37.6 Å². The van der Waals surface area contributed by atoms with Gasteiger partial charge in [-0.15, -0.1) is 0 Å². The van der Waals surface area contributed by atoms with Gasteiger partial charge in [0.1, 0.15) is 35.9 Å². The largest absolute Gasteiger partial charge is 0.481 e. The first-order valence-corrected chi connectivity index (χ1v) is 40.6. The molecule has 108 heavy (non-hydrogen) atoms. The number of aliphatic carboxylic acids is 3. The lowest BCUT2D eigenvalue weighted by Crippen LogP contribution is -2.54. The van der Waals surface area contributed by atoms with E-state index in [1.165, 1.54) is 12.1 Å². The predicted octanol–water partition coefficient (Wildman–Crippen LogP) is 8.58. The number of allylic oxidation sites excluding steroid dienone is 7. The van der Waals surface area contributed by atoms with Crippen molar-refractivity contribution in [3.63, 3.8) is 0 Å². The molecule has 0 fully saturated rings. The molecule has 0 aromatic heterocycles. The lowest BCUT2D eigenvalue weighted by atomic mass is 9.81. The number of hydrogen-bond donors (Lipinski definition) is 10. The molecule has 586 valence electrons. The maximum Gasteiger partial charge on any atom is 0.326 e. The van der Waals surface area contributed by atoms with Crippen LogP contribution in [0.4, 0.5) is 16.2 Å². The van der Waals surface area contributed by atoms with Crippen molar-refractivity contribution >= 4 is 94.8 Å². The van der Waals surface area contributed by atoms with Crippen molar-refractivity contribution in [2.24, 2.45) is 5.92 Å². The first-order chi connectivity index (χ1) is 50.6. The number of para-hydroxylation sites is 1. The highest BCUT2D eigenvalue weighted by atomic mass is 32.2. The van der Waals surface area contributed by atoms with E-state index in [0.717, 1.165) is 28.1 Å². The van der Waals surface area contributed by atoms with E-state index in [-0.39, 0.29) is 105 Å². The molecule has 0 bridgehead atoms. The monoisotopic (exact) mass is 1560 g/mol. The van der Waals surface area contributed by atoms with Gasteiger partial charge < -0.3 is 50.7 Å². The van der Waals surface area contributed by atoms with Crippen LogP contribution in [0.2, 0.25) is 0 Å². The number of anilines is 1. The maximum atomic E-state index is 14.4. The molecule has 2 heterocycles. The van der Waals surface area contributed by atoms with Crippen molar-refractivity contribution < 1.29 is 106 Å². The van der Waals surface area contributed by atoms with E-state index in [1.54, 1.807) is 81.8 Å². The number of nitrogens with one attached hydrogen (secondary N) is 4. The molecule has 2 aliphatic heterocycles. The second-order valence-electron chi connectivity index (χ2n) is 29.5. The number of Topliss-reactive ketones (excluding diaryl/α,β-unsaturated/α-hetero) is 2. The van der Waals surface area contributed by atoms with Crippen LogP contribution in [-0.4, -0.2) is 193 Å². The number of quaternary nitrogens is 1. The summed E-state index contributed by atoms with van der Waals surface area (Å²) < 4.78 is 110. The summed E-state index contributed by atoms with van der Waals surface area (Å²) in [6, 6.07) is 23.2.